The van der Waals surface area contributed by atoms with Crippen molar-refractivity contribution in [1.82, 2.24) is 19.8 Å². The van der Waals surface area contributed by atoms with E-state index in [0.29, 0.717) is 11.0 Å². The minimum absolute atomic E-state index is 0.564. The molecule has 6 heteroatoms. The molecular weight excluding hydrogens is 238 g/mol. The third-order valence-corrected chi connectivity index (χ3v) is 3.12. The van der Waals surface area contributed by atoms with Crippen LogP contribution in [0.1, 0.15) is 0 Å². The highest BCUT2D eigenvalue weighted by Crippen LogP contribution is 2.05. The summed E-state index contributed by atoms with van der Waals surface area (Å²) in [5.74, 6) is 0.642. The van der Waals surface area contributed by atoms with E-state index in [2.05, 4.69) is 32.1 Å². The molecule has 1 fully saturated rings. The van der Waals surface area contributed by atoms with Gasteiger partial charge in [0.25, 0.3) is 0 Å². The van der Waals surface area contributed by atoms with E-state index in [9.17, 15) is 0 Å². The molecule has 0 unspecified atom stereocenters. The van der Waals surface area contributed by atoms with E-state index in [1.807, 2.05) is 0 Å². The summed E-state index contributed by atoms with van der Waals surface area (Å²) < 4.78 is 0. The van der Waals surface area contributed by atoms with Crippen LogP contribution >= 0.6 is 11.6 Å². The lowest BCUT2D eigenvalue weighted by atomic mass is 10.3. The minimum atomic E-state index is 0.564. The zero-order chi connectivity index (χ0) is 12.1. The maximum absolute atomic E-state index is 5.72. The lowest BCUT2D eigenvalue weighted by molar-refractivity contribution is 0.158. The number of piperazine rings is 1. The molecule has 0 aliphatic carbocycles. The van der Waals surface area contributed by atoms with Crippen LogP contribution in [0.2, 0.25) is 5.02 Å². The molecule has 2 heterocycles. The van der Waals surface area contributed by atoms with Crippen molar-refractivity contribution >= 4 is 17.5 Å². The van der Waals surface area contributed by atoms with Gasteiger partial charge < -0.3 is 10.2 Å². The average Bonchev–Trinajstić information content (AvgIpc) is 2.34. The van der Waals surface area contributed by atoms with Crippen LogP contribution in [0.5, 0.6) is 0 Å². The average molecular weight is 256 g/mol. The summed E-state index contributed by atoms with van der Waals surface area (Å²) in [4.78, 5) is 13.0. The van der Waals surface area contributed by atoms with Gasteiger partial charge in [-0.2, -0.15) is 0 Å². The second-order valence-electron chi connectivity index (χ2n) is 4.30. The zero-order valence-corrected chi connectivity index (χ0v) is 10.8. The van der Waals surface area contributed by atoms with Gasteiger partial charge in [0.05, 0.1) is 17.4 Å². The monoisotopic (exact) mass is 255 g/mol. The third-order valence-electron chi connectivity index (χ3n) is 2.93. The summed E-state index contributed by atoms with van der Waals surface area (Å²) in [6, 6.07) is 0. The summed E-state index contributed by atoms with van der Waals surface area (Å²) >= 11 is 5.72. The molecule has 0 radical (unpaired) electrons. The fraction of sp³-hybridized carbons (Fsp3) is 0.636. The molecule has 1 aliphatic rings. The summed E-state index contributed by atoms with van der Waals surface area (Å²) in [5, 5.41) is 3.76. The first kappa shape index (κ1) is 12.5. The highest BCUT2D eigenvalue weighted by Gasteiger charge is 2.12. The largest absolute Gasteiger partial charge is 0.353 e. The van der Waals surface area contributed by atoms with Gasteiger partial charge in [0.15, 0.2) is 0 Å². The Morgan fingerprint density at radius 2 is 1.88 bits per heavy atom. The molecule has 0 bridgehead atoms. The van der Waals surface area contributed by atoms with Gasteiger partial charge in [-0.1, -0.05) is 11.6 Å². The fourth-order valence-corrected chi connectivity index (χ4v) is 1.90. The van der Waals surface area contributed by atoms with E-state index in [1.54, 1.807) is 12.4 Å². The van der Waals surface area contributed by atoms with Gasteiger partial charge in [-0.05, 0) is 7.05 Å². The Hall–Kier alpha value is -0.910. The van der Waals surface area contributed by atoms with Crippen LogP contribution in [0.15, 0.2) is 12.4 Å². The van der Waals surface area contributed by atoms with Crippen molar-refractivity contribution in [1.29, 1.82) is 0 Å². The predicted molar refractivity (Wildman–Crippen MR) is 69.5 cm³/mol. The summed E-state index contributed by atoms with van der Waals surface area (Å²) in [6.07, 6.45) is 3.21. The minimum Gasteiger partial charge on any atom is -0.353 e. The van der Waals surface area contributed by atoms with Crippen LogP contribution in [0.4, 0.5) is 5.95 Å². The first-order valence-corrected chi connectivity index (χ1v) is 6.24. The van der Waals surface area contributed by atoms with Crippen molar-refractivity contribution in [2.45, 2.75) is 0 Å². The highest BCUT2D eigenvalue weighted by molar-refractivity contribution is 6.30. The number of aromatic nitrogens is 2. The molecule has 17 heavy (non-hydrogen) atoms. The summed E-state index contributed by atoms with van der Waals surface area (Å²) in [7, 11) is 2.16. The van der Waals surface area contributed by atoms with Crippen molar-refractivity contribution in [2.24, 2.45) is 0 Å². The van der Waals surface area contributed by atoms with Crippen molar-refractivity contribution in [3.8, 4) is 0 Å². The zero-order valence-electron chi connectivity index (χ0n) is 10.1. The van der Waals surface area contributed by atoms with Crippen molar-refractivity contribution in [3.05, 3.63) is 17.4 Å². The van der Waals surface area contributed by atoms with Gasteiger partial charge in [-0.3, -0.25) is 4.90 Å². The lowest BCUT2D eigenvalue weighted by Crippen LogP contribution is -2.45. The molecule has 1 aliphatic heterocycles. The highest BCUT2D eigenvalue weighted by atomic mass is 35.5. The van der Waals surface area contributed by atoms with E-state index in [-0.39, 0.29) is 0 Å². The Kier molecular flexibility index (Phi) is 4.53. The number of likely N-dealkylation sites (N-methyl/N-ethyl adjacent to an activating group) is 1. The van der Waals surface area contributed by atoms with Gasteiger partial charge in [0.1, 0.15) is 0 Å². The van der Waals surface area contributed by atoms with Gasteiger partial charge in [0, 0.05) is 39.3 Å². The fourth-order valence-electron chi connectivity index (χ4n) is 1.80. The first-order valence-electron chi connectivity index (χ1n) is 5.86. The first-order chi connectivity index (χ1) is 8.24. The quantitative estimate of drug-likeness (QED) is 0.862. The second kappa shape index (κ2) is 6.14. The van der Waals surface area contributed by atoms with Crippen molar-refractivity contribution in [2.75, 3.05) is 51.6 Å². The van der Waals surface area contributed by atoms with Gasteiger partial charge >= 0.3 is 0 Å². The van der Waals surface area contributed by atoms with E-state index in [1.165, 1.54) is 0 Å². The van der Waals surface area contributed by atoms with Crippen LogP contribution in [0.3, 0.4) is 0 Å². The number of nitrogens with zero attached hydrogens (tertiary/aromatic N) is 4. The predicted octanol–water partition coefficient (Wildman–Crippen LogP) is 0.789. The number of hydrogen-bond acceptors (Lipinski definition) is 5. The van der Waals surface area contributed by atoms with Gasteiger partial charge in [-0.15, -0.1) is 0 Å². The number of halogens is 1. The van der Waals surface area contributed by atoms with Crippen LogP contribution in [0, 0.1) is 0 Å². The number of anilines is 1. The maximum atomic E-state index is 5.72. The van der Waals surface area contributed by atoms with Crippen molar-refractivity contribution < 1.29 is 0 Å². The van der Waals surface area contributed by atoms with Gasteiger partial charge in [-0.25, -0.2) is 9.97 Å². The molecule has 1 N–H and O–H groups in total. The normalized spacial score (nSPS) is 18.2. The van der Waals surface area contributed by atoms with Crippen LogP contribution < -0.4 is 5.32 Å². The van der Waals surface area contributed by atoms with E-state index in [4.69, 9.17) is 11.6 Å². The molecule has 2 rings (SSSR count). The molecule has 1 aromatic rings. The number of nitrogens with one attached hydrogen (secondary N) is 1. The molecule has 0 atom stereocenters. The Morgan fingerprint density at radius 3 is 2.53 bits per heavy atom. The van der Waals surface area contributed by atoms with Crippen LogP contribution in [-0.2, 0) is 0 Å². The molecule has 0 amide bonds. The molecular formula is C11H18ClN5. The Balaban J connectivity index is 1.67. The maximum Gasteiger partial charge on any atom is 0.222 e. The summed E-state index contributed by atoms with van der Waals surface area (Å²) in [5.41, 5.74) is 0. The SMILES string of the molecule is CN1CCN(CCNc2ncc(Cl)cn2)CC1. The topological polar surface area (TPSA) is 44.3 Å². The second-order valence-corrected chi connectivity index (χ2v) is 4.73. The van der Waals surface area contributed by atoms with Gasteiger partial charge in [0.2, 0.25) is 5.95 Å². The van der Waals surface area contributed by atoms with Crippen LogP contribution in [0.25, 0.3) is 0 Å². The standard InChI is InChI=1S/C11H18ClN5/c1-16-4-6-17(7-5-16)3-2-13-11-14-8-10(12)9-15-11/h8-9H,2-7H2,1H3,(H,13,14,15). The summed E-state index contributed by atoms with van der Waals surface area (Å²) in [6.45, 7) is 6.47. The van der Waals surface area contributed by atoms with E-state index in [0.717, 1.165) is 39.3 Å². The molecule has 0 aromatic carbocycles. The third kappa shape index (κ3) is 4.11. The molecule has 1 saturated heterocycles. The molecule has 0 saturated carbocycles. The van der Waals surface area contributed by atoms with Crippen molar-refractivity contribution in [3.63, 3.8) is 0 Å². The molecule has 1 aromatic heterocycles. The lowest BCUT2D eigenvalue weighted by Gasteiger charge is -2.32. The number of hydrogen-bond donors (Lipinski definition) is 1. The van der Waals surface area contributed by atoms with E-state index >= 15 is 0 Å². The van der Waals surface area contributed by atoms with Crippen LogP contribution in [-0.4, -0.2) is 66.1 Å². The Bertz CT molecular complexity index is 334. The Morgan fingerprint density at radius 1 is 1.24 bits per heavy atom. The molecule has 5 nitrogen and oxygen atoms in total. The molecule has 94 valence electrons. The number of rotatable bonds is 4. The Labute approximate surface area is 107 Å². The van der Waals surface area contributed by atoms with E-state index < -0.39 is 0 Å². The smallest absolute Gasteiger partial charge is 0.222 e. The molecule has 0 spiro atoms.